The number of rotatable bonds is 4. The van der Waals surface area contributed by atoms with Gasteiger partial charge in [-0.05, 0) is 84.7 Å². The number of benzene rings is 8. The van der Waals surface area contributed by atoms with Crippen LogP contribution >= 0.6 is 32.1 Å². The van der Waals surface area contributed by atoms with Gasteiger partial charge in [-0.25, -0.2) is 9.98 Å². The molecule has 0 saturated carbocycles. The molecule has 1 aliphatic rings. The third kappa shape index (κ3) is 4.73. The van der Waals surface area contributed by atoms with Crippen LogP contribution in [-0.2, 0) is 0 Å². The molecule has 0 unspecified atom stereocenters. The second kappa shape index (κ2) is 11.9. The van der Waals surface area contributed by atoms with E-state index in [0.717, 1.165) is 30.0 Å². The van der Waals surface area contributed by atoms with Gasteiger partial charge in [-0.1, -0.05) is 127 Å². The topological polar surface area (TPSA) is 29.6 Å². The SMILES string of the molecule is c1ccc2cc3c(cc2c1)c1ccccc1n3-c1ccc(C2=NC(c3cccc4sc5ccccc5c34)=NC(c3cccc4ccccc34)=I2)cc1. The number of fused-ring (bicyclic) bond motifs is 8. The van der Waals surface area contributed by atoms with Crippen molar-refractivity contribution in [1.82, 2.24) is 4.57 Å². The summed E-state index contributed by atoms with van der Waals surface area (Å²) in [5.41, 5.74) is 7.00. The lowest BCUT2D eigenvalue weighted by molar-refractivity contribution is 1.18. The van der Waals surface area contributed by atoms with E-state index in [1.54, 1.807) is 0 Å². The predicted octanol–water partition coefficient (Wildman–Crippen LogP) is 12.8. The Morgan fingerprint density at radius 3 is 1.98 bits per heavy atom. The minimum absolute atomic E-state index is 0.695. The third-order valence-corrected chi connectivity index (χ3v) is 14.0. The lowest BCUT2D eigenvalue weighted by Gasteiger charge is -2.16. The molecule has 0 bridgehead atoms. The number of hydrogen-bond donors (Lipinski definition) is 0. The maximum absolute atomic E-state index is 5.43. The lowest BCUT2D eigenvalue weighted by atomic mass is 10.0. The molecular weight excluding hydrogens is 766 g/mol. The summed E-state index contributed by atoms with van der Waals surface area (Å²) in [5.74, 6) is 0.788. The lowest BCUT2D eigenvalue weighted by Crippen LogP contribution is -2.12. The summed E-state index contributed by atoms with van der Waals surface area (Å²) >= 11 is 1.14. The summed E-state index contributed by atoms with van der Waals surface area (Å²) in [7, 11) is 0. The maximum Gasteiger partial charge on any atom is 0.162 e. The molecule has 10 aromatic rings. The first kappa shape index (κ1) is 29.9. The fourth-order valence-electron chi connectivity index (χ4n) is 7.74. The quantitative estimate of drug-likeness (QED) is 0.159. The maximum atomic E-state index is 5.43. The van der Waals surface area contributed by atoms with Crippen LogP contribution in [0.25, 0.3) is 69.2 Å². The van der Waals surface area contributed by atoms with Gasteiger partial charge < -0.3 is 4.57 Å². The standard InChI is InChI=1S/C47H28IN3S/c1-2-13-32-28-41-39(27-31(32)12-1)35-16-5-7-20-40(35)51(41)33-25-23-30(24-26-33)45-48-46(36-18-9-14-29-11-3-4-15-34(29)36)50-47(49-45)38-19-10-22-43-44(38)37-17-6-8-21-42(37)52-43/h1-28H. The molecule has 0 amide bonds. The summed E-state index contributed by atoms with van der Waals surface area (Å²) < 4.78 is 7.22. The number of nitrogens with zero attached hydrogens (tertiary/aromatic N) is 3. The first-order valence-corrected chi connectivity index (χ1v) is 20.3. The Morgan fingerprint density at radius 2 is 1.12 bits per heavy atom. The molecule has 3 nitrogen and oxygen atoms in total. The number of halogens is 1. The summed E-state index contributed by atoms with van der Waals surface area (Å²) in [6, 6.07) is 61.6. The molecule has 0 spiro atoms. The van der Waals surface area contributed by atoms with Gasteiger partial charge >= 0.3 is 0 Å². The first-order chi connectivity index (χ1) is 25.8. The molecule has 1 aliphatic heterocycles. The number of aliphatic imine (C=N–C) groups is 2. The van der Waals surface area contributed by atoms with Crippen molar-refractivity contribution in [3.63, 3.8) is 0 Å². The Hall–Kier alpha value is -5.76. The van der Waals surface area contributed by atoms with Crippen LogP contribution in [0.15, 0.2) is 180 Å². The molecule has 0 atom stereocenters. The van der Waals surface area contributed by atoms with Crippen LogP contribution in [0.3, 0.4) is 0 Å². The van der Waals surface area contributed by atoms with Crippen LogP contribution < -0.4 is 0 Å². The van der Waals surface area contributed by atoms with Gasteiger partial charge in [-0.15, -0.1) is 11.3 Å². The molecular formula is C47H28IN3S. The van der Waals surface area contributed by atoms with Crippen LogP contribution in [-0.4, -0.2) is 17.8 Å². The molecule has 52 heavy (non-hydrogen) atoms. The van der Waals surface area contributed by atoms with Crippen LogP contribution in [0.4, 0.5) is 0 Å². The van der Waals surface area contributed by atoms with Crippen molar-refractivity contribution in [3.05, 3.63) is 187 Å². The number of para-hydroxylation sites is 1. The zero-order valence-electron chi connectivity index (χ0n) is 27.8. The molecule has 2 aromatic heterocycles. The van der Waals surface area contributed by atoms with Gasteiger partial charge in [-0.2, -0.15) is 0 Å². The normalized spacial score (nSPS) is 13.5. The predicted molar refractivity (Wildman–Crippen MR) is 233 cm³/mol. The smallest absolute Gasteiger partial charge is 0.162 e. The molecule has 11 rings (SSSR count). The fraction of sp³-hybridized carbons (Fsp3) is 0. The highest BCUT2D eigenvalue weighted by molar-refractivity contribution is 14.2. The van der Waals surface area contributed by atoms with Crippen molar-refractivity contribution in [2.24, 2.45) is 9.98 Å². The van der Waals surface area contributed by atoms with Crippen LogP contribution in [0.2, 0.25) is 0 Å². The highest BCUT2D eigenvalue weighted by Crippen LogP contribution is 2.39. The van der Waals surface area contributed by atoms with E-state index in [9.17, 15) is 0 Å². The van der Waals surface area contributed by atoms with Gasteiger partial charge in [0.25, 0.3) is 0 Å². The summed E-state index contributed by atoms with van der Waals surface area (Å²) in [6.45, 7) is 0. The molecule has 3 heterocycles. The van der Waals surface area contributed by atoms with E-state index in [2.05, 4.69) is 174 Å². The van der Waals surface area contributed by atoms with Gasteiger partial charge in [-0.3, -0.25) is 0 Å². The Kier molecular flexibility index (Phi) is 6.85. The van der Waals surface area contributed by atoms with Crippen molar-refractivity contribution in [1.29, 1.82) is 0 Å². The first-order valence-electron chi connectivity index (χ1n) is 17.4. The largest absolute Gasteiger partial charge is 0.309 e. The van der Waals surface area contributed by atoms with E-state index >= 15 is 0 Å². The van der Waals surface area contributed by atoms with E-state index in [4.69, 9.17) is 9.98 Å². The third-order valence-electron chi connectivity index (χ3n) is 10.1. The van der Waals surface area contributed by atoms with Crippen LogP contribution in [0.5, 0.6) is 0 Å². The van der Waals surface area contributed by atoms with Crippen molar-refractivity contribution in [2.75, 3.05) is 0 Å². The fourth-order valence-corrected chi connectivity index (χ4v) is 11.5. The van der Waals surface area contributed by atoms with Gasteiger partial charge in [0.15, 0.2) is 5.84 Å². The van der Waals surface area contributed by atoms with Crippen molar-refractivity contribution >= 4 is 109 Å². The summed E-state index contributed by atoms with van der Waals surface area (Å²) in [6.07, 6.45) is 0. The van der Waals surface area contributed by atoms with E-state index in [0.29, 0.717) is 0 Å². The number of thiophene rings is 1. The Labute approximate surface area is 313 Å². The highest BCUT2D eigenvalue weighted by atomic mass is 127. The molecule has 0 aliphatic carbocycles. The van der Waals surface area contributed by atoms with E-state index < -0.39 is 20.7 Å². The summed E-state index contributed by atoms with van der Waals surface area (Å²) in [5, 5.41) is 9.99. The molecule has 5 heteroatoms. The second-order valence-electron chi connectivity index (χ2n) is 13.1. The Bertz CT molecular complexity index is 3170. The molecule has 8 aromatic carbocycles. The molecule has 0 N–H and O–H groups in total. The van der Waals surface area contributed by atoms with E-state index in [1.807, 2.05) is 11.3 Å². The monoisotopic (exact) mass is 793 g/mol. The van der Waals surface area contributed by atoms with Crippen molar-refractivity contribution in [2.45, 2.75) is 0 Å². The summed E-state index contributed by atoms with van der Waals surface area (Å²) in [4.78, 5) is 10.9. The zero-order chi connectivity index (χ0) is 34.2. The van der Waals surface area contributed by atoms with Crippen molar-refractivity contribution < 1.29 is 0 Å². The average molecular weight is 794 g/mol. The molecule has 0 saturated heterocycles. The minimum Gasteiger partial charge on any atom is -0.309 e. The van der Waals surface area contributed by atoms with Crippen molar-refractivity contribution in [3.8, 4) is 5.69 Å². The van der Waals surface area contributed by atoms with Gasteiger partial charge in [0.1, 0.15) is 7.35 Å². The van der Waals surface area contributed by atoms with Gasteiger partial charge in [0.2, 0.25) is 0 Å². The van der Waals surface area contributed by atoms with E-state index in [-0.39, 0.29) is 0 Å². The zero-order valence-corrected chi connectivity index (χ0v) is 30.8. The number of aromatic nitrogens is 1. The molecule has 0 radical (unpaired) electrons. The van der Waals surface area contributed by atoms with Crippen LogP contribution in [0.1, 0.15) is 16.7 Å². The minimum atomic E-state index is -0.695. The van der Waals surface area contributed by atoms with Gasteiger partial charge in [0.05, 0.1) is 11.0 Å². The second-order valence-corrected chi connectivity index (χ2v) is 16.8. The van der Waals surface area contributed by atoms with Crippen LogP contribution in [0, 0.1) is 0 Å². The Morgan fingerprint density at radius 1 is 0.462 bits per heavy atom. The highest BCUT2D eigenvalue weighted by Gasteiger charge is 2.21. The van der Waals surface area contributed by atoms with E-state index in [1.165, 1.54) is 69.1 Å². The number of hydrogen-bond acceptors (Lipinski definition) is 3. The Balaban J connectivity index is 1.10. The van der Waals surface area contributed by atoms with Gasteiger partial charge in [0, 0.05) is 53.3 Å². The molecule has 0 fully saturated rings. The average Bonchev–Trinajstić information content (AvgIpc) is 3.75. The number of amidine groups is 1. The molecule has 244 valence electrons.